The van der Waals surface area contributed by atoms with Gasteiger partial charge in [-0.15, -0.1) is 0 Å². The van der Waals surface area contributed by atoms with E-state index in [1.165, 1.54) is 11.3 Å². The number of ether oxygens (including phenoxy) is 1. The fraction of sp³-hybridized carbons (Fsp3) is 0.500. The highest BCUT2D eigenvalue weighted by Crippen LogP contribution is 2.16. The van der Waals surface area contributed by atoms with E-state index in [9.17, 15) is 0 Å². The van der Waals surface area contributed by atoms with Crippen LogP contribution in [0.3, 0.4) is 0 Å². The predicted octanol–water partition coefficient (Wildman–Crippen LogP) is 2.70. The summed E-state index contributed by atoms with van der Waals surface area (Å²) in [5, 5.41) is 3.44. The molecule has 1 unspecified atom stereocenters. The third kappa shape index (κ3) is 3.04. The Balaban J connectivity index is 2.65. The van der Waals surface area contributed by atoms with Crippen LogP contribution in [-0.4, -0.2) is 19.8 Å². The lowest BCUT2D eigenvalue weighted by molar-refractivity contribution is 0.190. The lowest BCUT2D eigenvalue weighted by atomic mass is 10.1. The van der Waals surface area contributed by atoms with Crippen molar-refractivity contribution in [1.82, 2.24) is 0 Å². The molecule has 78 valence electrons. The number of aryl methyl sites for hydroxylation is 1. The number of nitrogens with one attached hydrogen (secondary N) is 1. The molecule has 0 amide bonds. The van der Waals surface area contributed by atoms with Gasteiger partial charge in [0.25, 0.3) is 0 Å². The molecule has 1 N–H and O–H groups in total. The Kier molecular flexibility index (Phi) is 4.47. The van der Waals surface area contributed by atoms with Crippen LogP contribution < -0.4 is 5.32 Å². The molecule has 14 heavy (non-hydrogen) atoms. The van der Waals surface area contributed by atoms with E-state index in [4.69, 9.17) is 4.74 Å². The number of methoxy groups -OCH3 is 1. The van der Waals surface area contributed by atoms with Crippen molar-refractivity contribution < 1.29 is 4.74 Å². The van der Waals surface area contributed by atoms with Gasteiger partial charge in [-0.2, -0.15) is 0 Å². The van der Waals surface area contributed by atoms with Crippen molar-refractivity contribution in [3.8, 4) is 0 Å². The molecule has 0 heterocycles. The second-order valence-corrected chi connectivity index (χ2v) is 3.51. The van der Waals surface area contributed by atoms with Gasteiger partial charge >= 0.3 is 0 Å². The molecule has 0 saturated heterocycles. The molecular weight excluding hydrogens is 174 g/mol. The van der Waals surface area contributed by atoms with Gasteiger partial charge in [-0.1, -0.05) is 25.1 Å². The monoisotopic (exact) mass is 193 g/mol. The molecular formula is C12H19NO. The molecule has 0 aliphatic heterocycles. The van der Waals surface area contributed by atoms with E-state index in [-0.39, 0.29) is 0 Å². The molecule has 2 heteroatoms. The maximum absolute atomic E-state index is 5.09. The average Bonchev–Trinajstić information content (AvgIpc) is 2.19. The molecule has 0 saturated carbocycles. The quantitative estimate of drug-likeness (QED) is 0.776. The zero-order valence-corrected chi connectivity index (χ0v) is 9.21. The molecule has 1 rings (SSSR count). The molecule has 0 spiro atoms. The van der Waals surface area contributed by atoms with Crippen LogP contribution >= 0.6 is 0 Å². The van der Waals surface area contributed by atoms with Crippen LogP contribution in [0, 0.1) is 0 Å². The minimum Gasteiger partial charge on any atom is -0.383 e. The second-order valence-electron chi connectivity index (χ2n) is 3.51. The van der Waals surface area contributed by atoms with Crippen LogP contribution in [-0.2, 0) is 11.2 Å². The van der Waals surface area contributed by atoms with Gasteiger partial charge in [-0.25, -0.2) is 0 Å². The number of hydrogen-bond acceptors (Lipinski definition) is 2. The summed E-state index contributed by atoms with van der Waals surface area (Å²) in [7, 11) is 1.73. The molecule has 0 aliphatic carbocycles. The summed E-state index contributed by atoms with van der Waals surface area (Å²) in [4.78, 5) is 0. The highest BCUT2D eigenvalue weighted by molar-refractivity contribution is 5.51. The first kappa shape index (κ1) is 11.1. The highest BCUT2D eigenvalue weighted by atomic mass is 16.5. The van der Waals surface area contributed by atoms with Gasteiger partial charge < -0.3 is 10.1 Å². The SMILES string of the molecule is CCc1ccccc1NC(C)COC. The predicted molar refractivity (Wildman–Crippen MR) is 60.8 cm³/mol. The number of anilines is 1. The topological polar surface area (TPSA) is 21.3 Å². The summed E-state index contributed by atoms with van der Waals surface area (Å²) in [6, 6.07) is 8.76. The molecule has 0 fully saturated rings. The van der Waals surface area contributed by atoms with Crippen molar-refractivity contribution >= 4 is 5.69 Å². The molecule has 2 nitrogen and oxygen atoms in total. The Hall–Kier alpha value is -1.02. The molecule has 1 aromatic carbocycles. The van der Waals surface area contributed by atoms with E-state index in [0.717, 1.165) is 13.0 Å². The third-order valence-corrected chi connectivity index (χ3v) is 2.22. The zero-order chi connectivity index (χ0) is 10.4. The fourth-order valence-electron chi connectivity index (χ4n) is 1.53. The Morgan fingerprint density at radius 2 is 2.07 bits per heavy atom. The fourth-order valence-corrected chi connectivity index (χ4v) is 1.53. The Bertz CT molecular complexity index is 273. The Morgan fingerprint density at radius 3 is 2.71 bits per heavy atom. The van der Waals surface area contributed by atoms with E-state index in [1.54, 1.807) is 7.11 Å². The molecule has 0 aromatic heterocycles. The van der Waals surface area contributed by atoms with E-state index in [0.29, 0.717) is 6.04 Å². The largest absolute Gasteiger partial charge is 0.383 e. The minimum atomic E-state index is 0.354. The van der Waals surface area contributed by atoms with Crippen LogP contribution in [0.4, 0.5) is 5.69 Å². The number of para-hydroxylation sites is 1. The third-order valence-electron chi connectivity index (χ3n) is 2.22. The summed E-state index contributed by atoms with van der Waals surface area (Å²) >= 11 is 0. The van der Waals surface area contributed by atoms with Crippen LogP contribution in [0.5, 0.6) is 0 Å². The lowest BCUT2D eigenvalue weighted by Crippen LogP contribution is -2.21. The highest BCUT2D eigenvalue weighted by Gasteiger charge is 2.03. The standard InChI is InChI=1S/C12H19NO/c1-4-11-7-5-6-8-12(11)13-10(2)9-14-3/h5-8,10,13H,4,9H2,1-3H3. The number of hydrogen-bond donors (Lipinski definition) is 1. The molecule has 0 radical (unpaired) electrons. The summed E-state index contributed by atoms with van der Waals surface area (Å²) in [6.07, 6.45) is 1.06. The summed E-state index contributed by atoms with van der Waals surface area (Å²) in [5.74, 6) is 0. The van der Waals surface area contributed by atoms with Gasteiger partial charge in [0.15, 0.2) is 0 Å². The van der Waals surface area contributed by atoms with Gasteiger partial charge in [0.2, 0.25) is 0 Å². The normalized spacial score (nSPS) is 12.5. The Labute approximate surface area is 86.3 Å². The van der Waals surface area contributed by atoms with Crippen molar-refractivity contribution in [2.75, 3.05) is 19.0 Å². The van der Waals surface area contributed by atoms with Crippen LogP contribution in [0.15, 0.2) is 24.3 Å². The number of benzene rings is 1. The van der Waals surface area contributed by atoms with Gasteiger partial charge in [0.05, 0.1) is 6.61 Å². The van der Waals surface area contributed by atoms with Gasteiger partial charge in [-0.3, -0.25) is 0 Å². The lowest BCUT2D eigenvalue weighted by Gasteiger charge is -2.16. The van der Waals surface area contributed by atoms with E-state index >= 15 is 0 Å². The smallest absolute Gasteiger partial charge is 0.0661 e. The van der Waals surface area contributed by atoms with Gasteiger partial charge in [-0.05, 0) is 25.0 Å². The maximum Gasteiger partial charge on any atom is 0.0661 e. The minimum absolute atomic E-state index is 0.354. The van der Waals surface area contributed by atoms with Gasteiger partial charge in [0.1, 0.15) is 0 Å². The first-order valence-electron chi connectivity index (χ1n) is 5.11. The summed E-state index contributed by atoms with van der Waals surface area (Å²) in [6.45, 7) is 5.02. The second kappa shape index (κ2) is 5.66. The van der Waals surface area contributed by atoms with E-state index < -0.39 is 0 Å². The molecule has 1 atom stereocenters. The van der Waals surface area contributed by atoms with Crippen molar-refractivity contribution in [2.24, 2.45) is 0 Å². The van der Waals surface area contributed by atoms with E-state index in [1.807, 2.05) is 0 Å². The van der Waals surface area contributed by atoms with Crippen molar-refractivity contribution in [1.29, 1.82) is 0 Å². The first-order valence-corrected chi connectivity index (χ1v) is 5.11. The first-order chi connectivity index (χ1) is 6.77. The van der Waals surface area contributed by atoms with Crippen molar-refractivity contribution in [2.45, 2.75) is 26.3 Å². The maximum atomic E-state index is 5.09. The summed E-state index contributed by atoms with van der Waals surface area (Å²) < 4.78 is 5.09. The van der Waals surface area contributed by atoms with E-state index in [2.05, 4.69) is 43.4 Å². The zero-order valence-electron chi connectivity index (χ0n) is 9.21. The van der Waals surface area contributed by atoms with Crippen LogP contribution in [0.2, 0.25) is 0 Å². The van der Waals surface area contributed by atoms with Crippen molar-refractivity contribution in [3.63, 3.8) is 0 Å². The van der Waals surface area contributed by atoms with Gasteiger partial charge in [0, 0.05) is 18.8 Å². The molecule has 0 bridgehead atoms. The van der Waals surface area contributed by atoms with Crippen molar-refractivity contribution in [3.05, 3.63) is 29.8 Å². The summed E-state index contributed by atoms with van der Waals surface area (Å²) in [5.41, 5.74) is 2.58. The number of rotatable bonds is 5. The Morgan fingerprint density at radius 1 is 1.36 bits per heavy atom. The van der Waals surface area contributed by atoms with Crippen LogP contribution in [0.1, 0.15) is 19.4 Å². The molecule has 0 aliphatic rings. The van der Waals surface area contributed by atoms with Crippen LogP contribution in [0.25, 0.3) is 0 Å². The average molecular weight is 193 g/mol. The molecule has 1 aromatic rings.